The number of rotatable bonds is 5. The zero-order valence-electron chi connectivity index (χ0n) is 13.0. The molecule has 4 rings (SSSR count). The molecule has 2 aromatic heterocycles. The largest absolute Gasteiger partial charge is 0.339 e. The first-order valence-corrected chi connectivity index (χ1v) is 10.1. The number of benzene rings is 1. The summed E-state index contributed by atoms with van der Waals surface area (Å²) in [6.07, 6.45) is 0. The molecule has 6 nitrogen and oxygen atoms in total. The molecule has 9 heteroatoms. The van der Waals surface area contributed by atoms with Gasteiger partial charge in [0.25, 0.3) is 0 Å². The topological polar surface area (TPSA) is 76.3 Å². The van der Waals surface area contributed by atoms with Crippen LogP contribution in [-0.4, -0.2) is 36.0 Å². The molecule has 0 amide bonds. The minimum atomic E-state index is -3.49. The fraction of sp³-hybridized carbons (Fsp3) is 0.250. The second-order valence-electron chi connectivity index (χ2n) is 5.83. The average molecular weight is 379 g/mol. The van der Waals surface area contributed by atoms with Crippen molar-refractivity contribution >= 4 is 21.4 Å². The van der Waals surface area contributed by atoms with E-state index >= 15 is 0 Å². The van der Waals surface area contributed by atoms with E-state index in [9.17, 15) is 12.8 Å². The fourth-order valence-corrected chi connectivity index (χ4v) is 4.90. The van der Waals surface area contributed by atoms with E-state index in [1.165, 1.54) is 33.8 Å². The maximum atomic E-state index is 13.2. The number of hydrogen-bond donors (Lipinski definition) is 0. The van der Waals surface area contributed by atoms with Gasteiger partial charge in [0.15, 0.2) is 0 Å². The summed E-state index contributed by atoms with van der Waals surface area (Å²) < 4.78 is 44.6. The van der Waals surface area contributed by atoms with Gasteiger partial charge in [0.2, 0.25) is 21.7 Å². The van der Waals surface area contributed by atoms with Crippen molar-refractivity contribution in [2.24, 2.45) is 0 Å². The van der Waals surface area contributed by atoms with Crippen LogP contribution in [0.3, 0.4) is 0 Å². The van der Waals surface area contributed by atoms with Crippen LogP contribution in [-0.2, 0) is 15.8 Å². The van der Waals surface area contributed by atoms with Crippen LogP contribution in [0.15, 0.2) is 46.3 Å². The smallest absolute Gasteiger partial charge is 0.232 e. The van der Waals surface area contributed by atoms with E-state index in [2.05, 4.69) is 10.1 Å². The maximum Gasteiger partial charge on any atom is 0.232 e. The van der Waals surface area contributed by atoms with E-state index in [1.54, 1.807) is 6.07 Å². The molecule has 1 saturated heterocycles. The van der Waals surface area contributed by atoms with Gasteiger partial charge >= 0.3 is 0 Å². The Hall–Kier alpha value is -2.10. The molecule has 25 heavy (non-hydrogen) atoms. The highest BCUT2D eigenvalue weighted by Gasteiger charge is 2.39. The van der Waals surface area contributed by atoms with Gasteiger partial charge < -0.3 is 4.52 Å². The second-order valence-corrected chi connectivity index (χ2v) is 8.75. The molecule has 0 bridgehead atoms. The number of sulfonamides is 1. The zero-order chi connectivity index (χ0) is 17.4. The molecule has 1 aliphatic rings. The van der Waals surface area contributed by atoms with Gasteiger partial charge in [0.05, 0.1) is 16.5 Å². The third-order valence-electron chi connectivity index (χ3n) is 4.01. The van der Waals surface area contributed by atoms with Crippen molar-refractivity contribution in [3.63, 3.8) is 0 Å². The van der Waals surface area contributed by atoms with Gasteiger partial charge in [0, 0.05) is 13.1 Å². The highest BCUT2D eigenvalue weighted by molar-refractivity contribution is 7.88. The zero-order valence-corrected chi connectivity index (χ0v) is 14.6. The van der Waals surface area contributed by atoms with Crippen LogP contribution in [0.2, 0.25) is 0 Å². The van der Waals surface area contributed by atoms with Gasteiger partial charge in [-0.3, -0.25) is 0 Å². The molecule has 130 valence electrons. The molecule has 1 aromatic carbocycles. The van der Waals surface area contributed by atoms with E-state index in [-0.39, 0.29) is 11.7 Å². The lowest BCUT2D eigenvalue weighted by Crippen LogP contribution is -2.48. The fourth-order valence-electron chi connectivity index (χ4n) is 2.66. The van der Waals surface area contributed by atoms with E-state index in [0.29, 0.717) is 30.4 Å². The molecule has 3 aromatic rings. The molecule has 0 atom stereocenters. The third kappa shape index (κ3) is 3.35. The number of nitrogens with zero attached hydrogens (tertiary/aromatic N) is 3. The van der Waals surface area contributed by atoms with Crippen LogP contribution >= 0.6 is 11.3 Å². The van der Waals surface area contributed by atoms with Crippen LogP contribution in [0.4, 0.5) is 4.39 Å². The predicted molar refractivity (Wildman–Crippen MR) is 90.9 cm³/mol. The van der Waals surface area contributed by atoms with E-state index < -0.39 is 15.8 Å². The lowest BCUT2D eigenvalue weighted by Gasteiger charge is -2.35. The number of halogens is 1. The average Bonchev–Trinajstić information content (AvgIpc) is 3.15. The summed E-state index contributed by atoms with van der Waals surface area (Å²) in [5.41, 5.74) is 0.432. The van der Waals surface area contributed by atoms with Crippen molar-refractivity contribution < 1.29 is 17.3 Å². The predicted octanol–water partition coefficient (Wildman–Crippen LogP) is 2.87. The summed E-state index contributed by atoms with van der Waals surface area (Å²) in [4.78, 5) is 5.26. The van der Waals surface area contributed by atoms with Crippen LogP contribution in [0.25, 0.3) is 10.7 Å². The Morgan fingerprint density at radius 3 is 2.84 bits per heavy atom. The van der Waals surface area contributed by atoms with E-state index in [0.717, 1.165) is 4.88 Å². The quantitative estimate of drug-likeness (QED) is 0.681. The molecule has 0 unspecified atom stereocenters. The summed E-state index contributed by atoms with van der Waals surface area (Å²) in [5.74, 6) is 0.193. The maximum absolute atomic E-state index is 13.2. The lowest BCUT2D eigenvalue weighted by molar-refractivity contribution is 0.216. The summed E-state index contributed by atoms with van der Waals surface area (Å²) in [6, 6.07) is 9.43. The van der Waals surface area contributed by atoms with Crippen molar-refractivity contribution in [1.82, 2.24) is 14.4 Å². The van der Waals surface area contributed by atoms with Crippen LogP contribution in [0.1, 0.15) is 17.4 Å². The molecule has 0 radical (unpaired) electrons. The van der Waals surface area contributed by atoms with Crippen LogP contribution < -0.4 is 0 Å². The summed E-state index contributed by atoms with van der Waals surface area (Å²) in [5, 5.41) is 5.87. The molecule has 0 spiro atoms. The molecule has 0 aliphatic carbocycles. The van der Waals surface area contributed by atoms with Gasteiger partial charge in [-0.2, -0.15) is 9.29 Å². The molecular formula is C16H14FN3O3S2. The van der Waals surface area contributed by atoms with Crippen LogP contribution in [0.5, 0.6) is 0 Å². The molecule has 1 fully saturated rings. The first-order valence-electron chi connectivity index (χ1n) is 7.61. The highest BCUT2D eigenvalue weighted by atomic mass is 32.2. The third-order valence-corrected chi connectivity index (χ3v) is 6.66. The van der Waals surface area contributed by atoms with Gasteiger partial charge in [-0.15, -0.1) is 11.3 Å². The minimum Gasteiger partial charge on any atom is -0.339 e. The first-order chi connectivity index (χ1) is 12.0. The van der Waals surface area contributed by atoms with E-state index in [1.807, 2.05) is 17.5 Å². The van der Waals surface area contributed by atoms with Crippen LogP contribution in [0, 0.1) is 5.82 Å². The number of thiophene rings is 1. The van der Waals surface area contributed by atoms with Crippen molar-refractivity contribution in [3.05, 3.63) is 59.0 Å². The number of hydrogen-bond acceptors (Lipinski definition) is 6. The standard InChI is InChI=1S/C16H14FN3O3S2/c17-13-4-1-3-11(7-13)10-25(21,22)20-8-12(9-20)16-18-15(19-23-16)14-5-2-6-24-14/h1-7,12H,8-10H2. The molecule has 3 heterocycles. The van der Waals surface area contributed by atoms with E-state index in [4.69, 9.17) is 4.52 Å². The van der Waals surface area contributed by atoms with Gasteiger partial charge in [-0.1, -0.05) is 23.4 Å². The summed E-state index contributed by atoms with van der Waals surface area (Å²) in [6.45, 7) is 0.591. The molecular weight excluding hydrogens is 365 g/mol. The Morgan fingerprint density at radius 2 is 2.12 bits per heavy atom. The summed E-state index contributed by atoms with van der Waals surface area (Å²) in [7, 11) is -3.49. The van der Waals surface area contributed by atoms with Gasteiger partial charge in [-0.25, -0.2) is 12.8 Å². The van der Waals surface area contributed by atoms with Crippen molar-refractivity contribution in [2.75, 3.05) is 13.1 Å². The Kier molecular flexibility index (Phi) is 4.14. The Morgan fingerprint density at radius 1 is 1.28 bits per heavy atom. The van der Waals surface area contributed by atoms with Crippen molar-refractivity contribution in [3.8, 4) is 10.7 Å². The Labute approximate surface area is 148 Å². The van der Waals surface area contributed by atoms with Crippen molar-refractivity contribution in [2.45, 2.75) is 11.7 Å². The van der Waals surface area contributed by atoms with Gasteiger partial charge in [-0.05, 0) is 29.1 Å². The highest BCUT2D eigenvalue weighted by Crippen LogP contribution is 2.31. The molecule has 1 aliphatic heterocycles. The minimum absolute atomic E-state index is 0.108. The molecule has 0 N–H and O–H groups in total. The first kappa shape index (κ1) is 16.4. The SMILES string of the molecule is O=S(=O)(Cc1cccc(F)c1)N1CC(c2nc(-c3cccs3)no2)C1. The normalized spacial score (nSPS) is 16.0. The second kappa shape index (κ2) is 6.32. The van der Waals surface area contributed by atoms with Crippen molar-refractivity contribution in [1.29, 1.82) is 0 Å². The monoisotopic (exact) mass is 379 g/mol. The van der Waals surface area contributed by atoms with Gasteiger partial charge in [0.1, 0.15) is 5.82 Å². The lowest BCUT2D eigenvalue weighted by atomic mass is 10.0. The number of aromatic nitrogens is 2. The Bertz CT molecular complexity index is 980. The Balaban J connectivity index is 1.41. The summed E-state index contributed by atoms with van der Waals surface area (Å²) >= 11 is 1.51. The molecule has 0 saturated carbocycles.